The van der Waals surface area contributed by atoms with E-state index in [-0.39, 0.29) is 17.8 Å². The lowest BCUT2D eigenvalue weighted by atomic mass is 10.0. The van der Waals surface area contributed by atoms with E-state index in [1.807, 2.05) is 31.2 Å². The summed E-state index contributed by atoms with van der Waals surface area (Å²) in [5.74, 6) is -0.431. The van der Waals surface area contributed by atoms with E-state index in [2.05, 4.69) is 10.3 Å². The van der Waals surface area contributed by atoms with Crippen LogP contribution in [0.4, 0.5) is 13.2 Å². The van der Waals surface area contributed by atoms with Gasteiger partial charge >= 0.3 is 6.18 Å². The summed E-state index contributed by atoms with van der Waals surface area (Å²) in [6.07, 6.45) is -2.32. The standard InChI is InChI=1S/C20H22ClF3N2O2/c1-13(4-5-14-6-9-16(21)10-7-14)26-18(27)19(2,3)28-17-11-8-15(12-25-17)20(22,23)24/h6-13H,4-5H2,1-3H3,(H,26,27)/t13-/m0/s1. The molecule has 0 saturated heterocycles. The van der Waals surface area contributed by atoms with E-state index in [1.165, 1.54) is 13.8 Å². The lowest BCUT2D eigenvalue weighted by Crippen LogP contribution is -2.49. The Hall–Kier alpha value is -2.28. The maximum atomic E-state index is 12.6. The molecular weight excluding hydrogens is 393 g/mol. The first-order valence-corrected chi connectivity index (χ1v) is 9.13. The van der Waals surface area contributed by atoms with Gasteiger partial charge in [-0.1, -0.05) is 23.7 Å². The van der Waals surface area contributed by atoms with Gasteiger partial charge in [0.15, 0.2) is 5.60 Å². The van der Waals surface area contributed by atoms with Crippen molar-refractivity contribution in [1.29, 1.82) is 0 Å². The van der Waals surface area contributed by atoms with Crippen LogP contribution in [0.1, 0.15) is 38.3 Å². The second-order valence-electron chi connectivity index (χ2n) is 7.03. The number of pyridine rings is 1. The minimum atomic E-state index is -4.47. The van der Waals surface area contributed by atoms with Gasteiger partial charge in [0, 0.05) is 23.3 Å². The molecule has 1 aromatic heterocycles. The molecule has 1 amide bonds. The fourth-order valence-corrected chi connectivity index (χ4v) is 2.55. The van der Waals surface area contributed by atoms with E-state index in [1.54, 1.807) is 0 Å². The Kier molecular flexibility index (Phi) is 6.93. The minimum Gasteiger partial charge on any atom is -0.462 e. The fraction of sp³-hybridized carbons (Fsp3) is 0.400. The predicted octanol–water partition coefficient (Wildman–Crippen LogP) is 5.05. The van der Waals surface area contributed by atoms with Crippen LogP contribution in [0.25, 0.3) is 0 Å². The van der Waals surface area contributed by atoms with Gasteiger partial charge in [0.05, 0.1) is 5.56 Å². The maximum absolute atomic E-state index is 12.6. The molecule has 2 rings (SSSR count). The molecule has 1 aromatic carbocycles. The van der Waals surface area contributed by atoms with Gasteiger partial charge in [-0.25, -0.2) is 4.98 Å². The number of halogens is 4. The summed E-state index contributed by atoms with van der Waals surface area (Å²) in [6, 6.07) is 9.34. The molecule has 2 aromatic rings. The van der Waals surface area contributed by atoms with Crippen LogP contribution in [0.2, 0.25) is 5.02 Å². The number of ether oxygens (including phenoxy) is 1. The molecule has 0 bridgehead atoms. The Bertz CT molecular complexity index is 791. The van der Waals surface area contributed by atoms with Crippen LogP contribution in [-0.2, 0) is 17.4 Å². The zero-order valence-corrected chi connectivity index (χ0v) is 16.6. The number of nitrogens with one attached hydrogen (secondary N) is 1. The second-order valence-corrected chi connectivity index (χ2v) is 7.47. The molecule has 0 aliphatic heterocycles. The second kappa shape index (κ2) is 8.82. The normalized spacial score (nSPS) is 13.1. The lowest BCUT2D eigenvalue weighted by Gasteiger charge is -2.26. The molecule has 1 atom stereocenters. The third-order valence-corrected chi connectivity index (χ3v) is 4.38. The summed E-state index contributed by atoms with van der Waals surface area (Å²) >= 11 is 5.86. The molecule has 4 nitrogen and oxygen atoms in total. The Morgan fingerprint density at radius 3 is 2.36 bits per heavy atom. The molecule has 8 heteroatoms. The molecule has 0 radical (unpaired) electrons. The van der Waals surface area contributed by atoms with Crippen molar-refractivity contribution in [2.75, 3.05) is 0 Å². The lowest BCUT2D eigenvalue weighted by molar-refractivity contribution is -0.138. The van der Waals surface area contributed by atoms with Crippen molar-refractivity contribution in [3.05, 3.63) is 58.7 Å². The summed E-state index contributed by atoms with van der Waals surface area (Å²) < 4.78 is 43.3. The van der Waals surface area contributed by atoms with Crippen molar-refractivity contribution in [2.45, 2.75) is 51.4 Å². The van der Waals surface area contributed by atoms with Crippen molar-refractivity contribution in [3.63, 3.8) is 0 Å². The summed E-state index contributed by atoms with van der Waals surface area (Å²) in [5, 5.41) is 3.53. The van der Waals surface area contributed by atoms with Crippen LogP contribution >= 0.6 is 11.6 Å². The highest BCUT2D eigenvalue weighted by atomic mass is 35.5. The number of aryl methyl sites for hydroxylation is 1. The zero-order chi connectivity index (χ0) is 20.9. The van der Waals surface area contributed by atoms with Gasteiger partial charge in [-0.3, -0.25) is 4.79 Å². The van der Waals surface area contributed by atoms with Crippen molar-refractivity contribution in [1.82, 2.24) is 10.3 Å². The smallest absolute Gasteiger partial charge is 0.417 e. The number of nitrogens with zero attached hydrogens (tertiary/aromatic N) is 1. The van der Waals surface area contributed by atoms with Crippen molar-refractivity contribution in [3.8, 4) is 5.88 Å². The molecular formula is C20H22ClF3N2O2. The summed E-state index contributed by atoms with van der Waals surface area (Å²) in [5.41, 5.74) is -1.06. The fourth-order valence-electron chi connectivity index (χ4n) is 2.42. The predicted molar refractivity (Wildman–Crippen MR) is 101 cm³/mol. The first-order chi connectivity index (χ1) is 13.0. The van der Waals surface area contributed by atoms with Crippen LogP contribution in [0, 0.1) is 0 Å². The Balaban J connectivity index is 1.89. The van der Waals surface area contributed by atoms with Gasteiger partial charge in [-0.05, 0) is 57.4 Å². The van der Waals surface area contributed by atoms with E-state index >= 15 is 0 Å². The maximum Gasteiger partial charge on any atom is 0.417 e. The molecule has 1 N–H and O–H groups in total. The van der Waals surface area contributed by atoms with E-state index in [0.717, 1.165) is 24.1 Å². The monoisotopic (exact) mass is 414 g/mol. The molecule has 0 unspecified atom stereocenters. The third kappa shape index (κ3) is 6.41. The molecule has 0 aliphatic rings. The van der Waals surface area contributed by atoms with Crippen molar-refractivity contribution in [2.24, 2.45) is 0 Å². The van der Waals surface area contributed by atoms with Crippen LogP contribution in [0.3, 0.4) is 0 Å². The molecule has 0 saturated carbocycles. The van der Waals surface area contributed by atoms with Crippen molar-refractivity contribution >= 4 is 17.5 Å². The number of carbonyl (C=O) groups is 1. The number of alkyl halides is 3. The highest BCUT2D eigenvalue weighted by Gasteiger charge is 2.33. The topological polar surface area (TPSA) is 51.2 Å². The quantitative estimate of drug-likeness (QED) is 0.689. The number of amides is 1. The van der Waals surface area contributed by atoms with Crippen LogP contribution < -0.4 is 10.1 Å². The molecule has 0 fully saturated rings. The Morgan fingerprint density at radius 1 is 1.18 bits per heavy atom. The molecule has 0 aliphatic carbocycles. The number of aromatic nitrogens is 1. The first-order valence-electron chi connectivity index (χ1n) is 8.75. The largest absolute Gasteiger partial charge is 0.462 e. The highest BCUT2D eigenvalue weighted by Crippen LogP contribution is 2.29. The number of hydrogen-bond donors (Lipinski definition) is 1. The molecule has 152 valence electrons. The van der Waals surface area contributed by atoms with Gasteiger partial charge in [-0.2, -0.15) is 13.2 Å². The zero-order valence-electron chi connectivity index (χ0n) is 15.8. The van der Waals surface area contributed by atoms with Crippen LogP contribution in [-0.4, -0.2) is 22.5 Å². The van der Waals surface area contributed by atoms with Crippen LogP contribution in [0.15, 0.2) is 42.6 Å². The van der Waals surface area contributed by atoms with Gasteiger partial charge in [0.25, 0.3) is 5.91 Å². The number of benzene rings is 1. The summed E-state index contributed by atoms with van der Waals surface area (Å²) in [6.45, 7) is 4.95. The number of rotatable bonds is 7. The average Bonchev–Trinajstić information content (AvgIpc) is 2.60. The van der Waals surface area contributed by atoms with E-state index in [4.69, 9.17) is 16.3 Å². The highest BCUT2D eigenvalue weighted by molar-refractivity contribution is 6.30. The summed E-state index contributed by atoms with van der Waals surface area (Å²) in [7, 11) is 0. The van der Waals surface area contributed by atoms with Crippen LogP contribution in [0.5, 0.6) is 5.88 Å². The minimum absolute atomic E-state index is 0.0537. The van der Waals surface area contributed by atoms with E-state index in [0.29, 0.717) is 17.6 Å². The molecule has 0 spiro atoms. The molecule has 1 heterocycles. The van der Waals surface area contributed by atoms with Gasteiger partial charge in [-0.15, -0.1) is 0 Å². The van der Waals surface area contributed by atoms with Gasteiger partial charge < -0.3 is 10.1 Å². The SMILES string of the molecule is C[C@@H](CCc1ccc(Cl)cc1)NC(=O)C(C)(C)Oc1ccc(C(F)(F)F)cn1. The number of carbonyl (C=O) groups excluding carboxylic acids is 1. The number of hydrogen-bond acceptors (Lipinski definition) is 3. The van der Waals surface area contributed by atoms with Crippen molar-refractivity contribution < 1.29 is 22.7 Å². The average molecular weight is 415 g/mol. The van der Waals surface area contributed by atoms with E-state index < -0.39 is 17.3 Å². The summed E-state index contributed by atoms with van der Waals surface area (Å²) in [4.78, 5) is 16.1. The van der Waals surface area contributed by atoms with Gasteiger partial charge in [0.2, 0.25) is 5.88 Å². The first kappa shape index (κ1) is 22.0. The Morgan fingerprint density at radius 2 is 1.82 bits per heavy atom. The van der Waals surface area contributed by atoms with E-state index in [9.17, 15) is 18.0 Å². The third-order valence-electron chi connectivity index (χ3n) is 4.13. The molecule has 28 heavy (non-hydrogen) atoms. The van der Waals surface area contributed by atoms with Gasteiger partial charge in [0.1, 0.15) is 0 Å². The Labute approximate surface area is 167 Å².